The second kappa shape index (κ2) is 8.49. The molecule has 3 rings (SSSR count). The highest BCUT2D eigenvalue weighted by atomic mass is 16.5. The second-order valence-electron chi connectivity index (χ2n) is 6.90. The van der Waals surface area contributed by atoms with Gasteiger partial charge in [-0.3, -0.25) is 14.4 Å². The van der Waals surface area contributed by atoms with Gasteiger partial charge in [0.1, 0.15) is 6.61 Å². The first-order valence-electron chi connectivity index (χ1n) is 9.10. The lowest BCUT2D eigenvalue weighted by Crippen LogP contribution is -2.50. The van der Waals surface area contributed by atoms with Gasteiger partial charge in [-0.25, -0.2) is 0 Å². The molecule has 1 saturated carbocycles. The third kappa shape index (κ3) is 4.45. The molecule has 8 heteroatoms. The van der Waals surface area contributed by atoms with E-state index in [0.717, 1.165) is 12.1 Å². The van der Waals surface area contributed by atoms with Crippen LogP contribution in [0, 0.1) is 5.92 Å². The highest BCUT2D eigenvalue weighted by molar-refractivity contribution is 5.97. The fourth-order valence-electron chi connectivity index (χ4n) is 3.68. The number of rotatable bonds is 5. The summed E-state index contributed by atoms with van der Waals surface area (Å²) in [5, 5.41) is 2.92. The van der Waals surface area contributed by atoms with Gasteiger partial charge >= 0.3 is 0 Å². The molecule has 1 heterocycles. The van der Waals surface area contributed by atoms with Crippen LogP contribution in [0.25, 0.3) is 0 Å². The number of anilines is 1. The van der Waals surface area contributed by atoms with Gasteiger partial charge in [0, 0.05) is 30.9 Å². The van der Waals surface area contributed by atoms with E-state index >= 15 is 0 Å². The zero-order valence-corrected chi connectivity index (χ0v) is 15.3. The summed E-state index contributed by atoms with van der Waals surface area (Å²) in [7, 11) is 1.62. The fourth-order valence-corrected chi connectivity index (χ4v) is 3.68. The van der Waals surface area contributed by atoms with Crippen molar-refractivity contribution < 1.29 is 23.9 Å². The zero-order chi connectivity index (χ0) is 19.4. The molecular weight excluding hydrogens is 350 g/mol. The van der Waals surface area contributed by atoms with Crippen LogP contribution in [0.1, 0.15) is 29.6 Å². The van der Waals surface area contributed by atoms with Crippen LogP contribution in [0.15, 0.2) is 24.3 Å². The highest BCUT2D eigenvalue weighted by Crippen LogP contribution is 2.27. The first-order valence-corrected chi connectivity index (χ1v) is 9.10. The van der Waals surface area contributed by atoms with E-state index in [-0.39, 0.29) is 30.6 Å². The molecule has 3 atom stereocenters. The topological polar surface area (TPSA) is 111 Å². The molecule has 1 aliphatic carbocycles. The quantitative estimate of drug-likeness (QED) is 0.776. The first kappa shape index (κ1) is 19.3. The Kier molecular flexibility index (Phi) is 6.08. The summed E-state index contributed by atoms with van der Waals surface area (Å²) in [6.45, 7) is 1.05. The van der Waals surface area contributed by atoms with Crippen LogP contribution in [0.3, 0.4) is 0 Å². The van der Waals surface area contributed by atoms with E-state index in [1.165, 1.54) is 0 Å². The summed E-state index contributed by atoms with van der Waals surface area (Å²) in [4.78, 5) is 37.9. The number of benzene rings is 1. The van der Waals surface area contributed by atoms with Crippen molar-refractivity contribution in [1.29, 1.82) is 0 Å². The number of primary amides is 1. The Labute approximate surface area is 158 Å². The Balaban J connectivity index is 1.67. The largest absolute Gasteiger partial charge is 0.381 e. The van der Waals surface area contributed by atoms with E-state index < -0.39 is 11.8 Å². The number of amides is 3. The van der Waals surface area contributed by atoms with Crippen molar-refractivity contribution in [1.82, 2.24) is 5.32 Å². The van der Waals surface area contributed by atoms with Gasteiger partial charge in [-0.1, -0.05) is 0 Å². The van der Waals surface area contributed by atoms with Crippen molar-refractivity contribution in [3.63, 3.8) is 0 Å². The van der Waals surface area contributed by atoms with Gasteiger partial charge in [0.15, 0.2) is 0 Å². The monoisotopic (exact) mass is 375 g/mol. The van der Waals surface area contributed by atoms with Crippen LogP contribution >= 0.6 is 0 Å². The Morgan fingerprint density at radius 2 is 2.00 bits per heavy atom. The molecule has 3 amide bonds. The van der Waals surface area contributed by atoms with Crippen molar-refractivity contribution in [2.75, 3.05) is 31.8 Å². The number of morpholine rings is 1. The van der Waals surface area contributed by atoms with Crippen LogP contribution in [0.5, 0.6) is 0 Å². The zero-order valence-electron chi connectivity index (χ0n) is 15.3. The maximum absolute atomic E-state index is 12.6. The van der Waals surface area contributed by atoms with Gasteiger partial charge in [-0.2, -0.15) is 0 Å². The molecule has 1 aromatic rings. The van der Waals surface area contributed by atoms with Gasteiger partial charge < -0.3 is 25.4 Å². The van der Waals surface area contributed by atoms with E-state index in [1.807, 2.05) is 0 Å². The number of carbonyl (C=O) groups is 3. The van der Waals surface area contributed by atoms with Gasteiger partial charge in [0.25, 0.3) is 11.8 Å². The summed E-state index contributed by atoms with van der Waals surface area (Å²) in [6, 6.07) is 6.46. The SMILES string of the molecule is COC1CCC(C(N)=O)C(NC(=O)c2ccc(N3CCOCC3=O)cc2)C1. The third-order valence-electron chi connectivity index (χ3n) is 5.24. The van der Waals surface area contributed by atoms with Gasteiger partial charge in [-0.15, -0.1) is 0 Å². The van der Waals surface area contributed by atoms with Crippen molar-refractivity contribution in [3.05, 3.63) is 29.8 Å². The average Bonchev–Trinajstić information content (AvgIpc) is 2.68. The van der Waals surface area contributed by atoms with Crippen LogP contribution in [0.4, 0.5) is 5.69 Å². The lowest BCUT2D eigenvalue weighted by atomic mass is 9.82. The van der Waals surface area contributed by atoms with Crippen LogP contribution < -0.4 is 16.0 Å². The maximum Gasteiger partial charge on any atom is 0.253 e. The van der Waals surface area contributed by atoms with Crippen LogP contribution in [-0.4, -0.2) is 56.7 Å². The fraction of sp³-hybridized carbons (Fsp3) is 0.526. The number of nitrogens with two attached hydrogens (primary N) is 1. The Morgan fingerprint density at radius 1 is 1.26 bits per heavy atom. The summed E-state index contributed by atoms with van der Waals surface area (Å²) >= 11 is 0. The molecule has 1 aliphatic heterocycles. The molecule has 0 bridgehead atoms. The minimum absolute atomic E-state index is 0.000564. The molecule has 3 unspecified atom stereocenters. The molecule has 1 aromatic carbocycles. The normalized spacial score (nSPS) is 25.9. The lowest BCUT2D eigenvalue weighted by molar-refractivity contribution is -0.126. The van der Waals surface area contributed by atoms with Crippen molar-refractivity contribution >= 4 is 23.4 Å². The van der Waals surface area contributed by atoms with E-state index in [4.69, 9.17) is 15.2 Å². The minimum Gasteiger partial charge on any atom is -0.381 e. The molecule has 27 heavy (non-hydrogen) atoms. The smallest absolute Gasteiger partial charge is 0.253 e. The molecule has 2 aliphatic rings. The number of hydrogen-bond donors (Lipinski definition) is 2. The number of ether oxygens (including phenoxy) is 2. The van der Waals surface area contributed by atoms with Crippen molar-refractivity contribution in [3.8, 4) is 0 Å². The number of carbonyl (C=O) groups excluding carboxylic acids is 3. The van der Waals surface area contributed by atoms with Crippen LogP contribution in [0.2, 0.25) is 0 Å². The van der Waals surface area contributed by atoms with Crippen LogP contribution in [-0.2, 0) is 19.1 Å². The third-order valence-corrected chi connectivity index (χ3v) is 5.24. The van der Waals surface area contributed by atoms with E-state index in [2.05, 4.69) is 5.32 Å². The van der Waals surface area contributed by atoms with E-state index in [1.54, 1.807) is 36.3 Å². The molecular formula is C19H25N3O5. The molecule has 2 fully saturated rings. The second-order valence-corrected chi connectivity index (χ2v) is 6.90. The predicted octanol–water partition coefficient (Wildman–Crippen LogP) is 0.449. The molecule has 1 saturated heterocycles. The summed E-state index contributed by atoms with van der Waals surface area (Å²) in [5.41, 5.74) is 6.68. The lowest BCUT2D eigenvalue weighted by Gasteiger charge is -2.34. The average molecular weight is 375 g/mol. The van der Waals surface area contributed by atoms with Crippen molar-refractivity contribution in [2.45, 2.75) is 31.4 Å². The van der Waals surface area contributed by atoms with Crippen molar-refractivity contribution in [2.24, 2.45) is 11.7 Å². The molecule has 8 nitrogen and oxygen atoms in total. The molecule has 0 radical (unpaired) electrons. The van der Waals surface area contributed by atoms with E-state index in [9.17, 15) is 14.4 Å². The Morgan fingerprint density at radius 3 is 2.63 bits per heavy atom. The van der Waals surface area contributed by atoms with Gasteiger partial charge in [-0.05, 0) is 43.5 Å². The molecule has 0 spiro atoms. The highest BCUT2D eigenvalue weighted by Gasteiger charge is 2.35. The number of hydrogen-bond acceptors (Lipinski definition) is 5. The predicted molar refractivity (Wildman–Crippen MR) is 98.2 cm³/mol. The number of nitrogens with one attached hydrogen (secondary N) is 1. The van der Waals surface area contributed by atoms with Gasteiger partial charge in [0.2, 0.25) is 5.91 Å². The molecule has 0 aromatic heterocycles. The Hall–Kier alpha value is -2.45. The minimum atomic E-state index is -0.406. The Bertz CT molecular complexity index is 706. The summed E-state index contributed by atoms with van der Waals surface area (Å²) in [5.74, 6) is -1.18. The maximum atomic E-state index is 12.6. The van der Waals surface area contributed by atoms with Gasteiger partial charge in [0.05, 0.1) is 18.6 Å². The summed E-state index contributed by atoms with van der Waals surface area (Å²) < 4.78 is 10.5. The summed E-state index contributed by atoms with van der Waals surface area (Å²) in [6.07, 6.45) is 1.90. The van der Waals surface area contributed by atoms with E-state index in [0.29, 0.717) is 31.6 Å². The first-order chi connectivity index (χ1) is 13.0. The number of nitrogens with zero attached hydrogens (tertiary/aromatic N) is 1. The standard InChI is InChI=1S/C19H25N3O5/c1-26-14-6-7-15(18(20)24)16(10-14)21-19(25)12-2-4-13(5-3-12)22-8-9-27-11-17(22)23/h2-5,14-16H,6-11H2,1H3,(H2,20,24)(H,21,25). The molecule has 146 valence electrons. The molecule has 3 N–H and O–H groups in total. The number of methoxy groups -OCH3 is 1.